The van der Waals surface area contributed by atoms with Crippen LogP contribution in [-0.2, 0) is 11.2 Å². The maximum absolute atomic E-state index is 11.7. The molecule has 2 N–H and O–H groups in total. The Kier molecular flexibility index (Phi) is 4.99. The van der Waals surface area contributed by atoms with Crippen LogP contribution in [0.15, 0.2) is 42.5 Å². The van der Waals surface area contributed by atoms with Gasteiger partial charge < -0.3 is 10.6 Å². The van der Waals surface area contributed by atoms with Gasteiger partial charge in [-0.05, 0) is 22.8 Å². The Morgan fingerprint density at radius 2 is 1.90 bits per heavy atom. The summed E-state index contributed by atoms with van der Waals surface area (Å²) in [5, 5.41) is 8.67. The number of nitrogens with one attached hydrogen (secondary N) is 2. The van der Waals surface area contributed by atoms with Gasteiger partial charge in [-0.2, -0.15) is 0 Å². The van der Waals surface area contributed by atoms with E-state index >= 15 is 0 Å². The van der Waals surface area contributed by atoms with Crippen LogP contribution < -0.4 is 10.6 Å². The lowest BCUT2D eigenvalue weighted by Gasteiger charge is -2.25. The third-order valence-corrected chi connectivity index (χ3v) is 3.73. The maximum Gasteiger partial charge on any atom is 0.225 e. The monoisotopic (exact) mass is 290 g/mol. The van der Waals surface area contributed by atoms with Crippen molar-refractivity contribution in [2.75, 3.05) is 19.6 Å². The average Bonchev–Trinajstić information content (AvgIpc) is 2.37. The molecule has 106 valence electrons. The molecule has 3 nitrogen and oxygen atoms in total. The maximum atomic E-state index is 11.7. The van der Waals surface area contributed by atoms with Crippen LogP contribution in [0.4, 0.5) is 0 Å². The standard InChI is InChI=1S/C16H18N2O.ClH/c19-16(14-10-17-11-14)18-9-8-13-6-3-5-12-4-1-2-7-15(12)13;/h1-7,14,17H,8-11H2,(H,18,19);1H. The number of halogens is 1. The number of carbonyl (C=O) groups is 1. The molecule has 0 aliphatic carbocycles. The first kappa shape index (κ1) is 14.8. The van der Waals surface area contributed by atoms with Gasteiger partial charge in [0.1, 0.15) is 0 Å². The Morgan fingerprint density at radius 3 is 2.65 bits per heavy atom. The molecule has 4 heteroatoms. The Bertz CT molecular complexity index is 591. The fourth-order valence-corrected chi connectivity index (χ4v) is 2.45. The SMILES string of the molecule is Cl.O=C(NCCc1cccc2ccccc12)C1CNC1. The van der Waals surface area contributed by atoms with Gasteiger partial charge in [0.15, 0.2) is 0 Å². The quantitative estimate of drug-likeness (QED) is 0.906. The molecule has 0 radical (unpaired) electrons. The summed E-state index contributed by atoms with van der Waals surface area (Å²) >= 11 is 0. The van der Waals surface area contributed by atoms with Gasteiger partial charge in [0.25, 0.3) is 0 Å². The molecule has 1 fully saturated rings. The highest BCUT2D eigenvalue weighted by Gasteiger charge is 2.24. The van der Waals surface area contributed by atoms with Crippen molar-refractivity contribution in [2.45, 2.75) is 6.42 Å². The first-order valence-electron chi connectivity index (χ1n) is 6.79. The molecule has 20 heavy (non-hydrogen) atoms. The van der Waals surface area contributed by atoms with Gasteiger partial charge in [0.2, 0.25) is 5.91 Å². The van der Waals surface area contributed by atoms with Crippen molar-refractivity contribution in [3.8, 4) is 0 Å². The van der Waals surface area contributed by atoms with Crippen molar-refractivity contribution < 1.29 is 4.79 Å². The molecule has 1 aliphatic rings. The second-order valence-electron chi connectivity index (χ2n) is 5.03. The number of hydrogen-bond acceptors (Lipinski definition) is 2. The highest BCUT2D eigenvalue weighted by atomic mass is 35.5. The van der Waals surface area contributed by atoms with Gasteiger partial charge in [-0.15, -0.1) is 12.4 Å². The summed E-state index contributed by atoms with van der Waals surface area (Å²) in [6, 6.07) is 14.7. The van der Waals surface area contributed by atoms with E-state index in [0.29, 0.717) is 6.54 Å². The minimum atomic E-state index is 0. The molecular formula is C16H19ClN2O. The van der Waals surface area contributed by atoms with Gasteiger partial charge in [-0.1, -0.05) is 42.5 Å². The molecule has 0 spiro atoms. The van der Waals surface area contributed by atoms with E-state index in [4.69, 9.17) is 0 Å². The van der Waals surface area contributed by atoms with E-state index in [1.54, 1.807) is 0 Å². The second kappa shape index (κ2) is 6.73. The lowest BCUT2D eigenvalue weighted by atomic mass is 10.0. The summed E-state index contributed by atoms with van der Waals surface area (Å²) in [6.45, 7) is 2.35. The summed E-state index contributed by atoms with van der Waals surface area (Å²) in [6.07, 6.45) is 0.882. The molecule has 0 bridgehead atoms. The largest absolute Gasteiger partial charge is 0.355 e. The van der Waals surface area contributed by atoms with Crippen LogP contribution in [0.1, 0.15) is 5.56 Å². The Morgan fingerprint density at radius 1 is 1.15 bits per heavy atom. The average molecular weight is 291 g/mol. The van der Waals surface area contributed by atoms with Crippen molar-refractivity contribution >= 4 is 29.1 Å². The highest BCUT2D eigenvalue weighted by Crippen LogP contribution is 2.18. The van der Waals surface area contributed by atoms with Gasteiger partial charge in [0.05, 0.1) is 5.92 Å². The molecule has 0 aromatic heterocycles. The zero-order chi connectivity index (χ0) is 13.1. The predicted octanol–water partition coefficient (Wildman–Crippen LogP) is 2.14. The smallest absolute Gasteiger partial charge is 0.225 e. The lowest BCUT2D eigenvalue weighted by Crippen LogP contribution is -2.51. The van der Waals surface area contributed by atoms with E-state index in [1.165, 1.54) is 16.3 Å². The lowest BCUT2D eigenvalue weighted by molar-refractivity contribution is -0.126. The molecular weight excluding hydrogens is 272 g/mol. The van der Waals surface area contributed by atoms with Crippen molar-refractivity contribution in [1.82, 2.24) is 10.6 Å². The van der Waals surface area contributed by atoms with Crippen LogP contribution in [0.25, 0.3) is 10.8 Å². The Labute approximate surface area is 125 Å². The number of amides is 1. The van der Waals surface area contributed by atoms with Crippen molar-refractivity contribution in [1.29, 1.82) is 0 Å². The van der Waals surface area contributed by atoms with Crippen molar-refractivity contribution in [3.63, 3.8) is 0 Å². The van der Waals surface area contributed by atoms with E-state index in [9.17, 15) is 4.79 Å². The summed E-state index contributed by atoms with van der Waals surface area (Å²) in [7, 11) is 0. The fraction of sp³-hybridized carbons (Fsp3) is 0.312. The Balaban J connectivity index is 0.00000147. The van der Waals surface area contributed by atoms with E-state index in [2.05, 4.69) is 53.1 Å². The zero-order valence-electron chi connectivity index (χ0n) is 11.3. The van der Waals surface area contributed by atoms with Gasteiger partial charge in [-0.3, -0.25) is 4.79 Å². The van der Waals surface area contributed by atoms with E-state index in [0.717, 1.165) is 19.5 Å². The van der Waals surface area contributed by atoms with E-state index < -0.39 is 0 Å². The molecule has 1 amide bonds. The van der Waals surface area contributed by atoms with Crippen molar-refractivity contribution in [2.24, 2.45) is 5.92 Å². The topological polar surface area (TPSA) is 41.1 Å². The molecule has 1 saturated heterocycles. The fourth-order valence-electron chi connectivity index (χ4n) is 2.45. The van der Waals surface area contributed by atoms with Crippen LogP contribution in [0.5, 0.6) is 0 Å². The minimum Gasteiger partial charge on any atom is -0.355 e. The highest BCUT2D eigenvalue weighted by molar-refractivity contribution is 5.86. The number of rotatable bonds is 4. The van der Waals surface area contributed by atoms with Crippen molar-refractivity contribution in [3.05, 3.63) is 48.0 Å². The number of benzene rings is 2. The second-order valence-corrected chi connectivity index (χ2v) is 5.03. The van der Waals surface area contributed by atoms with Gasteiger partial charge >= 0.3 is 0 Å². The van der Waals surface area contributed by atoms with E-state index in [1.807, 2.05) is 0 Å². The summed E-state index contributed by atoms with van der Waals surface area (Å²) < 4.78 is 0. The predicted molar refractivity (Wildman–Crippen MR) is 84.3 cm³/mol. The van der Waals surface area contributed by atoms with Crippen LogP contribution in [0.3, 0.4) is 0 Å². The van der Waals surface area contributed by atoms with Crippen LogP contribution >= 0.6 is 12.4 Å². The Hall–Kier alpha value is -1.58. The third-order valence-electron chi connectivity index (χ3n) is 3.73. The molecule has 0 saturated carbocycles. The molecule has 2 aromatic rings. The number of carbonyl (C=O) groups excluding carboxylic acids is 1. The van der Waals surface area contributed by atoms with Crippen LogP contribution in [0.2, 0.25) is 0 Å². The van der Waals surface area contributed by atoms with Gasteiger partial charge in [-0.25, -0.2) is 0 Å². The van der Waals surface area contributed by atoms with E-state index in [-0.39, 0.29) is 24.2 Å². The molecule has 3 rings (SSSR count). The molecule has 0 atom stereocenters. The number of fused-ring (bicyclic) bond motifs is 1. The third kappa shape index (κ3) is 3.11. The minimum absolute atomic E-state index is 0. The number of hydrogen-bond donors (Lipinski definition) is 2. The first-order valence-corrected chi connectivity index (χ1v) is 6.79. The normalized spacial score (nSPS) is 14.4. The summed E-state index contributed by atoms with van der Waals surface area (Å²) in [5.74, 6) is 0.353. The summed E-state index contributed by atoms with van der Waals surface area (Å²) in [4.78, 5) is 11.7. The molecule has 1 heterocycles. The first-order chi connectivity index (χ1) is 9.34. The zero-order valence-corrected chi connectivity index (χ0v) is 12.1. The molecule has 1 aliphatic heterocycles. The van der Waals surface area contributed by atoms with Crippen LogP contribution in [-0.4, -0.2) is 25.5 Å². The van der Waals surface area contributed by atoms with Gasteiger partial charge in [0, 0.05) is 19.6 Å². The molecule has 2 aromatic carbocycles. The van der Waals surface area contributed by atoms with Crippen LogP contribution in [0, 0.1) is 5.92 Å². The molecule has 0 unspecified atom stereocenters. The summed E-state index contributed by atoms with van der Waals surface area (Å²) in [5.41, 5.74) is 1.30.